The van der Waals surface area contributed by atoms with Gasteiger partial charge in [-0.1, -0.05) is 0 Å². The van der Waals surface area contributed by atoms with Gasteiger partial charge in [0.1, 0.15) is 0 Å². The van der Waals surface area contributed by atoms with Gasteiger partial charge in [-0.05, 0) is 28.9 Å². The summed E-state index contributed by atoms with van der Waals surface area (Å²) in [5.74, 6) is 0. The van der Waals surface area contributed by atoms with E-state index >= 15 is 0 Å². The van der Waals surface area contributed by atoms with E-state index in [1.807, 2.05) is 0 Å². The fourth-order valence-electron chi connectivity index (χ4n) is 0.673. The lowest BCUT2D eigenvalue weighted by Gasteiger charge is -1.89. The molecule has 0 saturated heterocycles. The topological polar surface area (TPSA) is 34.1 Å². The highest BCUT2D eigenvalue weighted by Gasteiger charge is 2.15. The van der Waals surface area contributed by atoms with Crippen molar-refractivity contribution in [1.29, 1.82) is 0 Å². The Balaban J connectivity index is 3.36. The molecule has 1 aromatic rings. The van der Waals surface area contributed by atoms with E-state index < -0.39 is 9.05 Å². The Bertz CT molecular complexity index is 368. The monoisotopic (exact) mass is 274 g/mol. The fraction of sp³-hybridized carbons (Fsp3) is 0.200. The van der Waals surface area contributed by atoms with E-state index in [0.29, 0.717) is 4.88 Å². The first-order valence-corrected chi connectivity index (χ1v) is 6.54. The molecule has 0 unspecified atom stereocenters. The number of hydrogen-bond acceptors (Lipinski definition) is 3. The van der Waals surface area contributed by atoms with E-state index in [0.717, 1.165) is 3.79 Å². The zero-order valence-electron chi connectivity index (χ0n) is 5.47. The van der Waals surface area contributed by atoms with Crippen molar-refractivity contribution in [1.82, 2.24) is 0 Å². The molecule has 1 aromatic heterocycles. The van der Waals surface area contributed by atoms with Crippen LogP contribution in [0.4, 0.5) is 0 Å². The summed E-state index contributed by atoms with van der Waals surface area (Å²) in [5, 5.41) is 0. The third-order valence-corrected chi connectivity index (χ3v) is 4.24. The quantitative estimate of drug-likeness (QED) is 0.739. The zero-order chi connectivity index (χ0) is 8.65. The van der Waals surface area contributed by atoms with Gasteiger partial charge in [0, 0.05) is 15.6 Å². The van der Waals surface area contributed by atoms with Gasteiger partial charge in [-0.15, -0.1) is 11.3 Å². The Labute approximate surface area is 81.7 Å². The number of rotatable bonds is 1. The summed E-state index contributed by atoms with van der Waals surface area (Å²) < 4.78 is 22.4. The van der Waals surface area contributed by atoms with E-state index in [2.05, 4.69) is 15.9 Å². The van der Waals surface area contributed by atoms with Crippen LogP contribution in [-0.2, 0) is 9.05 Å². The largest absolute Gasteiger partial charge is 0.262 e. The van der Waals surface area contributed by atoms with Gasteiger partial charge in [0.25, 0.3) is 9.05 Å². The molecular formula is C5H4BrClO2S2. The minimum Gasteiger partial charge on any atom is -0.207 e. The Morgan fingerprint density at radius 3 is 2.36 bits per heavy atom. The lowest BCUT2D eigenvalue weighted by Crippen LogP contribution is -1.88. The van der Waals surface area contributed by atoms with E-state index in [9.17, 15) is 8.42 Å². The molecule has 0 radical (unpaired) electrons. The maximum absolute atomic E-state index is 10.8. The smallest absolute Gasteiger partial charge is 0.207 e. The van der Waals surface area contributed by atoms with E-state index in [1.54, 1.807) is 6.92 Å². The minimum atomic E-state index is -3.56. The SMILES string of the molecule is Cc1sc(Br)cc1S(=O)(=O)Cl. The summed E-state index contributed by atoms with van der Waals surface area (Å²) >= 11 is 4.52. The molecule has 0 saturated carbocycles. The Morgan fingerprint density at radius 1 is 1.64 bits per heavy atom. The molecule has 0 aliphatic carbocycles. The van der Waals surface area contributed by atoms with Crippen LogP contribution in [0.3, 0.4) is 0 Å². The van der Waals surface area contributed by atoms with Crippen LogP contribution in [-0.4, -0.2) is 8.42 Å². The van der Waals surface area contributed by atoms with Gasteiger partial charge < -0.3 is 0 Å². The highest BCUT2D eigenvalue weighted by atomic mass is 79.9. The summed E-state index contributed by atoms with van der Waals surface area (Å²) in [5.41, 5.74) is 0. The van der Waals surface area contributed by atoms with Crippen molar-refractivity contribution in [2.24, 2.45) is 0 Å². The lowest BCUT2D eigenvalue weighted by molar-refractivity contribution is 0.609. The van der Waals surface area contributed by atoms with E-state index in [1.165, 1.54) is 17.4 Å². The van der Waals surface area contributed by atoms with Gasteiger partial charge in [-0.3, -0.25) is 0 Å². The predicted molar refractivity (Wildman–Crippen MR) is 49.8 cm³/mol. The summed E-state index contributed by atoms with van der Waals surface area (Å²) in [4.78, 5) is 0.892. The second-order valence-corrected chi connectivity index (χ2v) is 7.08. The highest BCUT2D eigenvalue weighted by Crippen LogP contribution is 2.31. The Morgan fingerprint density at radius 2 is 2.18 bits per heavy atom. The van der Waals surface area contributed by atoms with Gasteiger partial charge in [0.2, 0.25) is 0 Å². The molecule has 0 atom stereocenters. The van der Waals surface area contributed by atoms with Crippen molar-refractivity contribution < 1.29 is 8.42 Å². The molecule has 0 amide bonds. The number of hydrogen-bond donors (Lipinski definition) is 0. The Hall–Kier alpha value is 0.420. The third kappa shape index (κ3) is 2.18. The van der Waals surface area contributed by atoms with Crippen molar-refractivity contribution in [3.05, 3.63) is 14.7 Å². The Kier molecular flexibility index (Phi) is 2.63. The molecule has 0 aromatic carbocycles. The fourth-order valence-corrected chi connectivity index (χ4v) is 4.16. The van der Waals surface area contributed by atoms with Gasteiger partial charge >= 0.3 is 0 Å². The van der Waals surface area contributed by atoms with Crippen LogP contribution in [0.2, 0.25) is 0 Å². The average Bonchev–Trinajstić information content (AvgIpc) is 2.08. The van der Waals surface area contributed by atoms with Crippen LogP contribution in [0.15, 0.2) is 14.7 Å². The molecule has 2 nitrogen and oxygen atoms in total. The molecule has 0 bridgehead atoms. The van der Waals surface area contributed by atoms with Crippen molar-refractivity contribution in [3.8, 4) is 0 Å². The summed E-state index contributed by atoms with van der Waals surface area (Å²) in [6, 6.07) is 1.50. The standard InChI is InChI=1S/C5H4BrClO2S2/c1-3-4(11(7,8)9)2-5(6)10-3/h2H,1H3. The first kappa shape index (κ1) is 9.51. The molecule has 0 spiro atoms. The molecular weight excluding hydrogens is 272 g/mol. The average molecular weight is 276 g/mol. The molecule has 0 fully saturated rings. The van der Waals surface area contributed by atoms with Crippen molar-refractivity contribution in [2.45, 2.75) is 11.8 Å². The molecule has 0 aliphatic heterocycles. The maximum Gasteiger partial charge on any atom is 0.262 e. The van der Waals surface area contributed by atoms with Crippen LogP contribution < -0.4 is 0 Å². The minimum absolute atomic E-state index is 0.191. The summed E-state index contributed by atoms with van der Waals surface area (Å²) in [6.07, 6.45) is 0. The molecule has 62 valence electrons. The van der Waals surface area contributed by atoms with Gasteiger partial charge in [0.15, 0.2) is 0 Å². The molecule has 11 heavy (non-hydrogen) atoms. The van der Waals surface area contributed by atoms with Crippen LogP contribution in [0.1, 0.15) is 4.88 Å². The second-order valence-electron chi connectivity index (χ2n) is 1.91. The molecule has 0 aliphatic rings. The zero-order valence-corrected chi connectivity index (χ0v) is 9.44. The van der Waals surface area contributed by atoms with Gasteiger partial charge in [-0.2, -0.15) is 0 Å². The lowest BCUT2D eigenvalue weighted by atomic mass is 10.5. The maximum atomic E-state index is 10.8. The van der Waals surface area contributed by atoms with Crippen molar-refractivity contribution in [2.75, 3.05) is 0 Å². The van der Waals surface area contributed by atoms with E-state index in [-0.39, 0.29) is 4.90 Å². The molecule has 1 rings (SSSR count). The number of halogens is 2. The second kappa shape index (κ2) is 3.05. The van der Waals surface area contributed by atoms with Crippen LogP contribution >= 0.6 is 37.9 Å². The third-order valence-electron chi connectivity index (χ3n) is 1.10. The summed E-state index contributed by atoms with van der Waals surface area (Å²) in [6.45, 7) is 1.71. The van der Waals surface area contributed by atoms with Gasteiger partial charge in [0.05, 0.1) is 8.68 Å². The summed E-state index contributed by atoms with van der Waals surface area (Å²) in [7, 11) is 1.58. The number of thiophene rings is 1. The molecule has 1 heterocycles. The van der Waals surface area contributed by atoms with E-state index in [4.69, 9.17) is 10.7 Å². The highest BCUT2D eigenvalue weighted by molar-refractivity contribution is 9.11. The van der Waals surface area contributed by atoms with Crippen molar-refractivity contribution in [3.63, 3.8) is 0 Å². The van der Waals surface area contributed by atoms with Crippen LogP contribution in [0.25, 0.3) is 0 Å². The van der Waals surface area contributed by atoms with Gasteiger partial charge in [-0.25, -0.2) is 8.42 Å². The predicted octanol–water partition coefficient (Wildman–Crippen LogP) is 2.75. The first-order chi connectivity index (χ1) is 4.91. The first-order valence-electron chi connectivity index (χ1n) is 2.62. The number of aryl methyl sites for hydroxylation is 1. The molecule has 6 heteroatoms. The van der Waals surface area contributed by atoms with Crippen LogP contribution in [0.5, 0.6) is 0 Å². The van der Waals surface area contributed by atoms with Crippen molar-refractivity contribution >= 4 is 47.0 Å². The molecule has 0 N–H and O–H groups in total. The normalized spacial score (nSPS) is 11.9. The van der Waals surface area contributed by atoms with Crippen LogP contribution in [0, 0.1) is 6.92 Å².